The van der Waals surface area contributed by atoms with Crippen molar-refractivity contribution in [3.05, 3.63) is 71.2 Å². The maximum Gasteiger partial charge on any atom is 0.338 e. The van der Waals surface area contributed by atoms with Gasteiger partial charge in [0, 0.05) is 16.8 Å². The highest BCUT2D eigenvalue weighted by molar-refractivity contribution is 6.12. The summed E-state index contributed by atoms with van der Waals surface area (Å²) in [7, 11) is 0. The molecule has 3 rings (SSSR count). The highest BCUT2D eigenvalue weighted by Gasteiger charge is 2.14. The van der Waals surface area contributed by atoms with Gasteiger partial charge in [0.15, 0.2) is 0 Å². The van der Waals surface area contributed by atoms with Crippen LogP contribution >= 0.6 is 0 Å². The fourth-order valence-electron chi connectivity index (χ4n) is 2.69. The molecule has 6 heteroatoms. The molecule has 1 amide bonds. The predicted molar refractivity (Wildman–Crippen MR) is 101 cm³/mol. The number of nitrogens with zero attached hydrogens (tertiary/aromatic N) is 1. The minimum absolute atomic E-state index is 0.208. The van der Waals surface area contributed by atoms with Gasteiger partial charge in [-0.1, -0.05) is 0 Å². The monoisotopic (exact) mass is 366 g/mol. The molecule has 0 spiro atoms. The molecular weight excluding hydrogens is 347 g/mol. The summed E-state index contributed by atoms with van der Waals surface area (Å²) in [4.78, 5) is 28.9. The van der Waals surface area contributed by atoms with Crippen LogP contribution in [0.15, 0.2) is 48.5 Å². The zero-order chi connectivity index (χ0) is 19.6. The Balaban J connectivity index is 1.85. The molecule has 0 bridgehead atoms. The number of nitrogens with one attached hydrogen (secondary N) is 1. The Hall–Kier alpha value is -3.28. The van der Waals surface area contributed by atoms with Crippen LogP contribution < -0.4 is 5.32 Å². The molecule has 5 nitrogen and oxygen atoms in total. The van der Waals surface area contributed by atoms with Crippen molar-refractivity contribution in [3.63, 3.8) is 0 Å². The number of esters is 1. The number of hydrogen-bond donors (Lipinski definition) is 1. The number of aromatic nitrogens is 1. The zero-order valence-electron chi connectivity index (χ0n) is 15.2. The number of pyridine rings is 1. The Morgan fingerprint density at radius 3 is 2.44 bits per heavy atom. The normalized spacial score (nSPS) is 10.9. The zero-order valence-corrected chi connectivity index (χ0v) is 15.2. The maximum atomic E-state index is 13.6. The van der Waals surface area contributed by atoms with Crippen LogP contribution in [0.3, 0.4) is 0 Å². The number of aryl methyl sites for hydroxylation is 1. The summed E-state index contributed by atoms with van der Waals surface area (Å²) in [5.41, 5.74) is 2.45. The number of hydrogen-bond acceptors (Lipinski definition) is 4. The fourth-order valence-corrected chi connectivity index (χ4v) is 2.69. The van der Waals surface area contributed by atoms with E-state index in [1.54, 1.807) is 57.2 Å². The van der Waals surface area contributed by atoms with Crippen LogP contribution in [0.5, 0.6) is 0 Å². The van der Waals surface area contributed by atoms with Crippen LogP contribution in [0.1, 0.15) is 40.3 Å². The number of anilines is 1. The first kappa shape index (κ1) is 18.5. The SMILES string of the molecule is Cc1cc(C(=O)Nc2ccc(C(=O)OC(C)C)cc2)c2cc(F)ccc2n1. The molecule has 1 aromatic heterocycles. The number of fused-ring (bicyclic) bond motifs is 1. The van der Waals surface area contributed by atoms with Crippen molar-refractivity contribution in [2.75, 3.05) is 5.32 Å². The van der Waals surface area contributed by atoms with Gasteiger partial charge in [0.05, 0.1) is 22.7 Å². The van der Waals surface area contributed by atoms with E-state index in [4.69, 9.17) is 4.74 Å². The van der Waals surface area contributed by atoms with Crippen LogP contribution in [0.25, 0.3) is 10.9 Å². The first-order valence-electron chi connectivity index (χ1n) is 8.53. The third-order valence-electron chi connectivity index (χ3n) is 3.86. The van der Waals surface area contributed by atoms with Gasteiger partial charge in [-0.25, -0.2) is 9.18 Å². The Morgan fingerprint density at radius 1 is 1.07 bits per heavy atom. The van der Waals surface area contributed by atoms with Crippen LogP contribution in [0.4, 0.5) is 10.1 Å². The number of benzene rings is 2. The summed E-state index contributed by atoms with van der Waals surface area (Å²) in [6.45, 7) is 5.32. The molecule has 0 aliphatic heterocycles. The van der Waals surface area contributed by atoms with Crippen molar-refractivity contribution >= 4 is 28.5 Å². The van der Waals surface area contributed by atoms with Crippen molar-refractivity contribution in [1.29, 1.82) is 0 Å². The Kier molecular flexibility index (Phi) is 5.16. The van der Waals surface area contributed by atoms with Gasteiger partial charge in [-0.15, -0.1) is 0 Å². The molecule has 27 heavy (non-hydrogen) atoms. The number of carbonyl (C=O) groups is 2. The van der Waals surface area contributed by atoms with Crippen LogP contribution in [-0.2, 0) is 4.74 Å². The third-order valence-corrected chi connectivity index (χ3v) is 3.86. The summed E-state index contributed by atoms with van der Waals surface area (Å²) in [6, 6.07) is 12.2. The van der Waals surface area contributed by atoms with E-state index >= 15 is 0 Å². The second-order valence-corrected chi connectivity index (χ2v) is 6.46. The number of amides is 1. The van der Waals surface area contributed by atoms with Crippen LogP contribution in [0.2, 0.25) is 0 Å². The molecule has 0 aliphatic carbocycles. The van der Waals surface area contributed by atoms with Crippen molar-refractivity contribution in [3.8, 4) is 0 Å². The van der Waals surface area contributed by atoms with E-state index in [1.165, 1.54) is 12.1 Å². The standard InChI is InChI=1S/C21H19FN2O3/c1-12(2)27-21(26)14-4-7-16(8-5-14)24-20(25)18-10-13(3)23-19-9-6-15(22)11-17(18)19/h4-12H,1-3H3,(H,24,25). The molecule has 0 fully saturated rings. The lowest BCUT2D eigenvalue weighted by Gasteiger charge is -2.10. The molecular formula is C21H19FN2O3. The second-order valence-electron chi connectivity index (χ2n) is 6.46. The molecule has 0 unspecified atom stereocenters. The topological polar surface area (TPSA) is 68.3 Å². The number of ether oxygens (including phenoxy) is 1. The molecule has 1 N–H and O–H groups in total. The van der Waals surface area contributed by atoms with Gasteiger partial charge in [0.1, 0.15) is 5.82 Å². The van der Waals surface area contributed by atoms with Gasteiger partial charge < -0.3 is 10.1 Å². The summed E-state index contributed by atoms with van der Waals surface area (Å²) >= 11 is 0. The quantitative estimate of drug-likeness (QED) is 0.690. The van der Waals surface area contributed by atoms with Gasteiger partial charge in [-0.05, 0) is 69.3 Å². The lowest BCUT2D eigenvalue weighted by Crippen LogP contribution is -2.14. The molecule has 0 saturated heterocycles. The van der Waals surface area contributed by atoms with Gasteiger partial charge in [-0.3, -0.25) is 9.78 Å². The largest absolute Gasteiger partial charge is 0.459 e. The van der Waals surface area contributed by atoms with Gasteiger partial charge in [0.2, 0.25) is 0 Å². The van der Waals surface area contributed by atoms with Crippen molar-refractivity contribution in [2.45, 2.75) is 26.9 Å². The third kappa shape index (κ3) is 4.28. The molecule has 2 aromatic carbocycles. The summed E-state index contributed by atoms with van der Waals surface area (Å²) in [5.74, 6) is -1.24. The number of rotatable bonds is 4. The van der Waals surface area contributed by atoms with E-state index < -0.39 is 11.8 Å². The highest BCUT2D eigenvalue weighted by atomic mass is 19.1. The molecule has 0 radical (unpaired) electrons. The van der Waals surface area contributed by atoms with Gasteiger partial charge in [0.25, 0.3) is 5.91 Å². The lowest BCUT2D eigenvalue weighted by atomic mass is 10.1. The lowest BCUT2D eigenvalue weighted by molar-refractivity contribution is 0.0378. The summed E-state index contributed by atoms with van der Waals surface area (Å²) in [5, 5.41) is 3.20. The highest BCUT2D eigenvalue weighted by Crippen LogP contribution is 2.21. The van der Waals surface area contributed by atoms with Crippen LogP contribution in [0, 0.1) is 12.7 Å². The van der Waals surface area contributed by atoms with E-state index in [2.05, 4.69) is 10.3 Å². The van der Waals surface area contributed by atoms with Crippen molar-refractivity contribution in [1.82, 2.24) is 4.98 Å². The maximum absolute atomic E-state index is 13.6. The Morgan fingerprint density at radius 2 is 1.78 bits per heavy atom. The molecule has 1 heterocycles. The first-order chi connectivity index (χ1) is 12.8. The molecule has 0 saturated carbocycles. The average Bonchev–Trinajstić information content (AvgIpc) is 2.61. The molecule has 0 aliphatic rings. The minimum atomic E-state index is -0.435. The van der Waals surface area contributed by atoms with Crippen LogP contribution in [-0.4, -0.2) is 23.0 Å². The average molecular weight is 366 g/mol. The van der Waals surface area contributed by atoms with Gasteiger partial charge >= 0.3 is 5.97 Å². The molecule has 138 valence electrons. The van der Waals surface area contributed by atoms with E-state index in [1.807, 2.05) is 0 Å². The van der Waals surface area contributed by atoms with E-state index in [9.17, 15) is 14.0 Å². The van der Waals surface area contributed by atoms with Crippen molar-refractivity contribution < 1.29 is 18.7 Å². The smallest absolute Gasteiger partial charge is 0.338 e. The number of carbonyl (C=O) groups excluding carboxylic acids is 2. The van der Waals surface area contributed by atoms with E-state index in [-0.39, 0.29) is 12.0 Å². The van der Waals surface area contributed by atoms with E-state index in [0.717, 1.165) is 0 Å². The fraction of sp³-hybridized carbons (Fsp3) is 0.190. The summed E-state index contributed by atoms with van der Waals surface area (Å²) in [6.07, 6.45) is -0.208. The van der Waals surface area contributed by atoms with Crippen molar-refractivity contribution in [2.24, 2.45) is 0 Å². The second kappa shape index (κ2) is 7.53. The Labute approximate surface area is 156 Å². The molecule has 0 atom stereocenters. The minimum Gasteiger partial charge on any atom is -0.459 e. The molecule has 3 aromatic rings. The first-order valence-corrected chi connectivity index (χ1v) is 8.53. The van der Waals surface area contributed by atoms with Gasteiger partial charge in [-0.2, -0.15) is 0 Å². The Bertz CT molecular complexity index is 1010. The number of halogens is 1. The van der Waals surface area contributed by atoms with E-state index in [0.29, 0.717) is 33.4 Å². The summed E-state index contributed by atoms with van der Waals surface area (Å²) < 4.78 is 18.7. The predicted octanol–water partition coefficient (Wildman–Crippen LogP) is 4.50.